The molecule has 3 rings (SSSR count). The van der Waals surface area contributed by atoms with E-state index in [0.717, 1.165) is 17.3 Å². The molecule has 4 nitrogen and oxygen atoms in total. The predicted octanol–water partition coefficient (Wildman–Crippen LogP) is 3.04. The molecule has 4 heteroatoms. The molecule has 0 saturated heterocycles. The summed E-state index contributed by atoms with van der Waals surface area (Å²) in [6, 6.07) is 7.79. The molecule has 1 N–H and O–H groups in total. The summed E-state index contributed by atoms with van der Waals surface area (Å²) >= 11 is 0. The van der Waals surface area contributed by atoms with Gasteiger partial charge >= 0.3 is 0 Å². The maximum atomic E-state index is 12.7. The minimum atomic E-state index is -0.364. The lowest BCUT2D eigenvalue weighted by Gasteiger charge is -2.25. The van der Waals surface area contributed by atoms with E-state index in [0.29, 0.717) is 12.5 Å². The maximum Gasteiger partial charge on any atom is 0.263 e. The highest BCUT2D eigenvalue weighted by molar-refractivity contribution is 5.98. The van der Waals surface area contributed by atoms with Gasteiger partial charge in [-0.05, 0) is 50.1 Å². The molecule has 1 aromatic carbocycles. The molecule has 0 fully saturated rings. The Bertz CT molecular complexity index is 812. The number of aromatic nitrogens is 1. The summed E-state index contributed by atoms with van der Waals surface area (Å²) in [7, 11) is 0. The average molecular weight is 298 g/mol. The Morgan fingerprint density at radius 3 is 2.73 bits per heavy atom. The first kappa shape index (κ1) is 14.8. The Morgan fingerprint density at radius 2 is 2.05 bits per heavy atom. The zero-order chi connectivity index (χ0) is 16.1. The van der Waals surface area contributed by atoms with Crippen LogP contribution in [0.25, 0.3) is 10.9 Å². The van der Waals surface area contributed by atoms with Crippen LogP contribution in [0.15, 0.2) is 29.1 Å². The van der Waals surface area contributed by atoms with E-state index in [9.17, 15) is 9.59 Å². The van der Waals surface area contributed by atoms with E-state index in [1.807, 2.05) is 32.9 Å². The highest BCUT2D eigenvalue weighted by Crippen LogP contribution is 2.31. The lowest BCUT2D eigenvalue weighted by atomic mass is 9.91. The van der Waals surface area contributed by atoms with E-state index >= 15 is 0 Å². The molecule has 0 aliphatic carbocycles. The fourth-order valence-corrected chi connectivity index (χ4v) is 3.13. The Labute approximate surface area is 130 Å². The number of para-hydroxylation sites is 1. The van der Waals surface area contributed by atoms with E-state index in [1.54, 1.807) is 10.6 Å². The lowest BCUT2D eigenvalue weighted by molar-refractivity contribution is 0.0917. The second-order valence-corrected chi connectivity index (χ2v) is 7.19. The van der Waals surface area contributed by atoms with Gasteiger partial charge in [0.25, 0.3) is 11.5 Å². The molecule has 0 spiro atoms. The van der Waals surface area contributed by atoms with Crippen molar-refractivity contribution >= 4 is 16.8 Å². The maximum absolute atomic E-state index is 12.7. The average Bonchev–Trinajstić information content (AvgIpc) is 2.42. The second kappa shape index (κ2) is 4.97. The van der Waals surface area contributed by atoms with E-state index in [1.165, 1.54) is 5.56 Å². The zero-order valence-corrected chi connectivity index (χ0v) is 13.6. The number of nitrogens with zero attached hydrogens (tertiary/aromatic N) is 1. The van der Waals surface area contributed by atoms with Gasteiger partial charge in [-0.1, -0.05) is 25.1 Å². The molecule has 1 aromatic heterocycles. The number of amides is 1. The number of benzene rings is 1. The first-order chi connectivity index (χ1) is 10.3. The Hall–Kier alpha value is -2.10. The molecule has 1 unspecified atom stereocenters. The number of hydrogen-bond acceptors (Lipinski definition) is 2. The van der Waals surface area contributed by atoms with Crippen molar-refractivity contribution in [3.63, 3.8) is 0 Å². The van der Waals surface area contributed by atoms with Gasteiger partial charge in [0, 0.05) is 12.1 Å². The molecular weight excluding hydrogens is 276 g/mol. The molecule has 1 aliphatic heterocycles. The van der Waals surface area contributed by atoms with Crippen LogP contribution in [0.3, 0.4) is 0 Å². The molecule has 1 atom stereocenters. The molecule has 116 valence electrons. The third-order valence-corrected chi connectivity index (χ3v) is 4.19. The van der Waals surface area contributed by atoms with Crippen LogP contribution >= 0.6 is 0 Å². The van der Waals surface area contributed by atoms with E-state index in [2.05, 4.69) is 18.3 Å². The zero-order valence-electron chi connectivity index (χ0n) is 13.6. The van der Waals surface area contributed by atoms with Crippen molar-refractivity contribution in [1.29, 1.82) is 0 Å². The van der Waals surface area contributed by atoms with Gasteiger partial charge in [0.05, 0.1) is 5.52 Å². The molecule has 0 radical (unpaired) electrons. The van der Waals surface area contributed by atoms with Crippen molar-refractivity contribution in [2.24, 2.45) is 0 Å². The monoisotopic (exact) mass is 298 g/mol. The normalized spacial score (nSPS) is 17.5. The molecule has 0 saturated carbocycles. The lowest BCUT2D eigenvalue weighted by Crippen LogP contribution is -2.43. The first-order valence-electron chi connectivity index (χ1n) is 7.77. The van der Waals surface area contributed by atoms with Gasteiger partial charge in [0.1, 0.15) is 5.56 Å². The fourth-order valence-electron chi connectivity index (χ4n) is 3.13. The van der Waals surface area contributed by atoms with Crippen LogP contribution in [-0.2, 0) is 6.54 Å². The third kappa shape index (κ3) is 2.43. The van der Waals surface area contributed by atoms with Gasteiger partial charge in [0.2, 0.25) is 0 Å². The quantitative estimate of drug-likeness (QED) is 0.879. The number of aryl methyl sites for hydroxylation is 1. The van der Waals surface area contributed by atoms with Crippen molar-refractivity contribution < 1.29 is 4.79 Å². The molecule has 2 heterocycles. The van der Waals surface area contributed by atoms with Crippen molar-refractivity contribution in [2.45, 2.75) is 52.1 Å². The highest BCUT2D eigenvalue weighted by atomic mass is 16.2. The topological polar surface area (TPSA) is 51.1 Å². The number of nitrogens with one attached hydrogen (secondary N) is 1. The standard InChI is InChI=1S/C18H22N2O2/c1-11-8-9-20-15-12(6-5-7-13(11)15)10-14(17(20)22)16(21)19-18(2,3)4/h5-7,10-11H,8-9H2,1-4H3,(H,19,21). The van der Waals surface area contributed by atoms with Crippen LogP contribution in [0.4, 0.5) is 0 Å². The Balaban J connectivity index is 2.22. The number of rotatable bonds is 1. The summed E-state index contributed by atoms with van der Waals surface area (Å²) in [6.45, 7) is 8.58. The van der Waals surface area contributed by atoms with E-state index in [4.69, 9.17) is 0 Å². The molecule has 1 amide bonds. The summed E-state index contributed by atoms with van der Waals surface area (Å²) in [5.41, 5.74) is 1.86. The minimum Gasteiger partial charge on any atom is -0.347 e. The fraction of sp³-hybridized carbons (Fsp3) is 0.444. The first-order valence-corrected chi connectivity index (χ1v) is 7.77. The van der Waals surface area contributed by atoms with Crippen molar-refractivity contribution in [3.8, 4) is 0 Å². The Morgan fingerprint density at radius 1 is 1.32 bits per heavy atom. The van der Waals surface area contributed by atoms with Gasteiger partial charge in [-0.25, -0.2) is 0 Å². The van der Waals surface area contributed by atoms with Gasteiger partial charge in [-0.2, -0.15) is 0 Å². The minimum absolute atomic E-state index is 0.186. The van der Waals surface area contributed by atoms with E-state index < -0.39 is 0 Å². The van der Waals surface area contributed by atoms with Crippen LogP contribution in [0, 0.1) is 0 Å². The summed E-state index contributed by atoms with van der Waals surface area (Å²) in [4.78, 5) is 25.2. The van der Waals surface area contributed by atoms with Crippen molar-refractivity contribution in [3.05, 3.63) is 45.7 Å². The predicted molar refractivity (Wildman–Crippen MR) is 88.5 cm³/mol. The van der Waals surface area contributed by atoms with Crippen LogP contribution in [0.1, 0.15) is 56.0 Å². The summed E-state index contributed by atoms with van der Waals surface area (Å²) < 4.78 is 1.77. The number of carbonyl (C=O) groups excluding carboxylic acids is 1. The Kier molecular flexibility index (Phi) is 3.35. The summed E-state index contributed by atoms with van der Waals surface area (Å²) in [5.74, 6) is 0.143. The van der Waals surface area contributed by atoms with Crippen LogP contribution < -0.4 is 10.9 Å². The van der Waals surface area contributed by atoms with Gasteiger partial charge in [-0.15, -0.1) is 0 Å². The third-order valence-electron chi connectivity index (χ3n) is 4.19. The van der Waals surface area contributed by atoms with Crippen molar-refractivity contribution in [2.75, 3.05) is 0 Å². The van der Waals surface area contributed by atoms with Gasteiger partial charge < -0.3 is 9.88 Å². The second-order valence-electron chi connectivity index (χ2n) is 7.19. The van der Waals surface area contributed by atoms with Crippen LogP contribution in [0.2, 0.25) is 0 Å². The molecular formula is C18H22N2O2. The number of hydrogen-bond donors (Lipinski definition) is 1. The summed E-state index contributed by atoms with van der Waals surface area (Å²) in [6.07, 6.45) is 0.927. The van der Waals surface area contributed by atoms with Crippen LogP contribution in [0.5, 0.6) is 0 Å². The van der Waals surface area contributed by atoms with Gasteiger partial charge in [-0.3, -0.25) is 9.59 Å². The summed E-state index contributed by atoms with van der Waals surface area (Å²) in [5, 5.41) is 3.84. The van der Waals surface area contributed by atoms with Crippen molar-refractivity contribution in [1.82, 2.24) is 9.88 Å². The number of carbonyl (C=O) groups is 1. The molecule has 0 bridgehead atoms. The largest absolute Gasteiger partial charge is 0.347 e. The number of pyridine rings is 1. The smallest absolute Gasteiger partial charge is 0.263 e. The highest BCUT2D eigenvalue weighted by Gasteiger charge is 2.24. The molecule has 22 heavy (non-hydrogen) atoms. The molecule has 1 aliphatic rings. The van der Waals surface area contributed by atoms with Gasteiger partial charge in [0.15, 0.2) is 0 Å². The molecule has 2 aromatic rings. The van der Waals surface area contributed by atoms with E-state index in [-0.39, 0.29) is 22.6 Å². The van der Waals surface area contributed by atoms with Crippen LogP contribution in [-0.4, -0.2) is 16.0 Å². The SMILES string of the molecule is CC1CCn2c(=O)c(C(=O)NC(C)(C)C)cc3cccc1c32.